The number of benzene rings is 1. The van der Waals surface area contributed by atoms with Gasteiger partial charge >= 0.3 is 0 Å². The zero-order chi connectivity index (χ0) is 18.3. The van der Waals surface area contributed by atoms with E-state index >= 15 is 0 Å². The average Bonchev–Trinajstić information content (AvgIpc) is 2.86. The molecule has 6 heteroatoms. The highest BCUT2D eigenvalue weighted by molar-refractivity contribution is 5.80. The van der Waals surface area contributed by atoms with Crippen molar-refractivity contribution in [1.82, 2.24) is 9.80 Å². The van der Waals surface area contributed by atoms with E-state index in [0.29, 0.717) is 24.8 Å². The molecule has 1 aromatic rings. The molecule has 0 aromatic heterocycles. The van der Waals surface area contributed by atoms with Crippen molar-refractivity contribution in [1.29, 1.82) is 0 Å². The predicted molar refractivity (Wildman–Crippen MR) is 93.8 cm³/mol. The van der Waals surface area contributed by atoms with Gasteiger partial charge in [-0.2, -0.15) is 0 Å². The van der Waals surface area contributed by atoms with Crippen molar-refractivity contribution in [2.24, 2.45) is 11.8 Å². The number of amides is 1. The molecule has 0 N–H and O–H groups in total. The molecular formula is C20H26F2N2O2. The first-order chi connectivity index (χ1) is 12.6. The molecule has 1 amide bonds. The van der Waals surface area contributed by atoms with Crippen molar-refractivity contribution >= 4 is 5.91 Å². The minimum Gasteiger partial charge on any atom is -0.496 e. The van der Waals surface area contributed by atoms with Gasteiger partial charge in [0.05, 0.1) is 13.0 Å². The second-order valence-electron chi connectivity index (χ2n) is 7.95. The number of carbonyl (C=O) groups is 1. The number of fused-ring (bicyclic) bond motifs is 4. The molecule has 4 aliphatic rings. The van der Waals surface area contributed by atoms with Crippen molar-refractivity contribution in [2.45, 2.75) is 44.7 Å². The molecule has 4 fully saturated rings. The highest BCUT2D eigenvalue weighted by atomic mass is 19.2. The van der Waals surface area contributed by atoms with Gasteiger partial charge in [-0.3, -0.25) is 9.69 Å². The van der Waals surface area contributed by atoms with Gasteiger partial charge in [-0.25, -0.2) is 8.78 Å². The lowest BCUT2D eigenvalue weighted by atomic mass is 9.83. The fourth-order valence-electron chi connectivity index (χ4n) is 4.59. The summed E-state index contributed by atoms with van der Waals surface area (Å²) in [5.74, 6) is -0.482. The summed E-state index contributed by atoms with van der Waals surface area (Å²) in [5, 5.41) is 0. The fourth-order valence-corrected chi connectivity index (χ4v) is 4.59. The monoisotopic (exact) mass is 364 g/mol. The van der Waals surface area contributed by atoms with Crippen LogP contribution in [0.15, 0.2) is 12.1 Å². The lowest BCUT2D eigenvalue weighted by Crippen LogP contribution is -2.50. The second kappa shape index (κ2) is 7.14. The highest BCUT2D eigenvalue weighted by Crippen LogP contribution is 2.35. The van der Waals surface area contributed by atoms with E-state index in [0.717, 1.165) is 25.5 Å². The SMILES string of the molecule is COc1ccc(F)c(F)c1CN1C[C@@H]2CC[C@H](C1)N(CC1CCC1)C2=O. The molecule has 1 aliphatic carbocycles. The minimum atomic E-state index is -0.860. The number of ether oxygens (including phenoxy) is 1. The lowest BCUT2D eigenvalue weighted by Gasteiger charge is -2.40. The van der Waals surface area contributed by atoms with Gasteiger partial charge in [0.15, 0.2) is 11.6 Å². The molecule has 3 aliphatic heterocycles. The molecule has 2 bridgehead atoms. The van der Waals surface area contributed by atoms with Gasteiger partial charge in [0.25, 0.3) is 0 Å². The molecule has 26 heavy (non-hydrogen) atoms. The molecule has 4 nitrogen and oxygen atoms in total. The normalized spacial score (nSPS) is 26.7. The van der Waals surface area contributed by atoms with Gasteiger partial charge in [0, 0.05) is 37.8 Å². The standard InChI is InChI=1S/C20H26F2N2O2/c1-26-18-8-7-17(21)19(22)16(18)12-23-10-14-5-6-15(11-23)24(20(14)25)9-13-3-2-4-13/h7-8,13-15H,2-6,9-12H2,1H3/t14-,15+/m0/s1. The molecule has 1 saturated carbocycles. The molecule has 0 unspecified atom stereocenters. The fraction of sp³-hybridized carbons (Fsp3) is 0.650. The van der Waals surface area contributed by atoms with Crippen LogP contribution in [-0.4, -0.2) is 48.5 Å². The lowest BCUT2D eigenvalue weighted by molar-refractivity contribution is -0.141. The first kappa shape index (κ1) is 17.7. The first-order valence-electron chi connectivity index (χ1n) is 9.60. The summed E-state index contributed by atoms with van der Waals surface area (Å²) >= 11 is 0. The number of methoxy groups -OCH3 is 1. The van der Waals surface area contributed by atoms with Gasteiger partial charge in [-0.05, 0) is 43.7 Å². The summed E-state index contributed by atoms with van der Waals surface area (Å²) in [5.41, 5.74) is 0.242. The Morgan fingerprint density at radius 2 is 1.96 bits per heavy atom. The van der Waals surface area contributed by atoms with E-state index in [-0.39, 0.29) is 30.0 Å². The van der Waals surface area contributed by atoms with Gasteiger partial charge in [-0.15, -0.1) is 0 Å². The van der Waals surface area contributed by atoms with Crippen LogP contribution in [0.5, 0.6) is 5.75 Å². The van der Waals surface area contributed by atoms with Crippen LogP contribution in [0.3, 0.4) is 0 Å². The maximum Gasteiger partial charge on any atom is 0.227 e. The van der Waals surface area contributed by atoms with Crippen molar-refractivity contribution in [3.05, 3.63) is 29.3 Å². The van der Waals surface area contributed by atoms with Crippen LogP contribution >= 0.6 is 0 Å². The summed E-state index contributed by atoms with van der Waals surface area (Å²) in [6.45, 7) is 2.46. The van der Waals surface area contributed by atoms with Crippen LogP contribution in [-0.2, 0) is 11.3 Å². The molecule has 2 atom stereocenters. The number of halogens is 2. The van der Waals surface area contributed by atoms with Crippen LogP contribution in [0.4, 0.5) is 8.78 Å². The van der Waals surface area contributed by atoms with E-state index in [1.165, 1.54) is 32.4 Å². The molecule has 0 spiro atoms. The zero-order valence-electron chi connectivity index (χ0n) is 15.2. The van der Waals surface area contributed by atoms with Crippen LogP contribution in [0.1, 0.15) is 37.7 Å². The summed E-state index contributed by atoms with van der Waals surface area (Å²) < 4.78 is 33.3. The van der Waals surface area contributed by atoms with E-state index in [1.54, 1.807) is 0 Å². The number of hydrogen-bond acceptors (Lipinski definition) is 3. The summed E-state index contributed by atoms with van der Waals surface area (Å²) in [4.78, 5) is 17.0. The average molecular weight is 364 g/mol. The van der Waals surface area contributed by atoms with E-state index in [1.807, 2.05) is 0 Å². The number of hydrogen-bond donors (Lipinski definition) is 0. The Kier molecular flexibility index (Phi) is 4.86. The molecule has 3 saturated heterocycles. The minimum absolute atomic E-state index is 0.0311. The molecule has 0 radical (unpaired) electrons. The molecule has 5 rings (SSSR count). The van der Waals surface area contributed by atoms with E-state index in [4.69, 9.17) is 4.74 Å². The molecule has 1 aromatic carbocycles. The molecule has 3 heterocycles. The maximum atomic E-state index is 14.3. The van der Waals surface area contributed by atoms with Crippen molar-refractivity contribution < 1.29 is 18.3 Å². The van der Waals surface area contributed by atoms with E-state index < -0.39 is 11.6 Å². The Balaban J connectivity index is 1.53. The third kappa shape index (κ3) is 3.20. The van der Waals surface area contributed by atoms with E-state index in [2.05, 4.69) is 9.80 Å². The van der Waals surface area contributed by atoms with Crippen LogP contribution in [0.25, 0.3) is 0 Å². The molecule has 142 valence electrons. The van der Waals surface area contributed by atoms with Gasteiger partial charge in [0.1, 0.15) is 5.75 Å². The Labute approximate surface area is 153 Å². The Morgan fingerprint density at radius 1 is 1.15 bits per heavy atom. The van der Waals surface area contributed by atoms with Crippen LogP contribution < -0.4 is 4.74 Å². The van der Waals surface area contributed by atoms with Gasteiger partial charge in [-0.1, -0.05) is 6.42 Å². The maximum absolute atomic E-state index is 14.3. The largest absolute Gasteiger partial charge is 0.496 e. The van der Waals surface area contributed by atoms with Crippen molar-refractivity contribution in [3.8, 4) is 5.75 Å². The Bertz CT molecular complexity index is 693. The third-order valence-corrected chi connectivity index (χ3v) is 6.30. The van der Waals surface area contributed by atoms with Crippen LogP contribution in [0.2, 0.25) is 0 Å². The van der Waals surface area contributed by atoms with Crippen molar-refractivity contribution in [3.63, 3.8) is 0 Å². The second-order valence-corrected chi connectivity index (χ2v) is 7.95. The smallest absolute Gasteiger partial charge is 0.227 e. The van der Waals surface area contributed by atoms with Gasteiger partial charge in [0.2, 0.25) is 5.91 Å². The quantitative estimate of drug-likeness (QED) is 0.804. The number of piperidine rings is 1. The Morgan fingerprint density at radius 3 is 2.65 bits per heavy atom. The van der Waals surface area contributed by atoms with Gasteiger partial charge < -0.3 is 9.64 Å². The number of carbonyl (C=O) groups excluding carboxylic acids is 1. The third-order valence-electron chi connectivity index (χ3n) is 6.30. The molecular weight excluding hydrogens is 338 g/mol. The van der Waals surface area contributed by atoms with Crippen molar-refractivity contribution in [2.75, 3.05) is 26.7 Å². The van der Waals surface area contributed by atoms with E-state index in [9.17, 15) is 13.6 Å². The highest BCUT2D eigenvalue weighted by Gasteiger charge is 2.42. The topological polar surface area (TPSA) is 32.8 Å². The number of nitrogens with zero attached hydrogens (tertiary/aromatic N) is 2. The first-order valence-corrected chi connectivity index (χ1v) is 9.60. The predicted octanol–water partition coefficient (Wildman–Crippen LogP) is 3.20. The van der Waals surface area contributed by atoms with Crippen LogP contribution in [0, 0.1) is 23.5 Å². The Hall–Kier alpha value is -1.69. The number of rotatable bonds is 5. The summed E-state index contributed by atoms with van der Waals surface area (Å²) in [6.07, 6.45) is 5.60. The summed E-state index contributed by atoms with van der Waals surface area (Å²) in [6, 6.07) is 2.74. The zero-order valence-corrected chi connectivity index (χ0v) is 15.2. The summed E-state index contributed by atoms with van der Waals surface area (Å²) in [7, 11) is 1.46.